The van der Waals surface area contributed by atoms with Crippen LogP contribution in [0.3, 0.4) is 0 Å². The number of primary sulfonamides is 1. The molecule has 0 saturated heterocycles. The van der Waals surface area contributed by atoms with Gasteiger partial charge in [0.1, 0.15) is 0 Å². The van der Waals surface area contributed by atoms with Gasteiger partial charge in [0.05, 0.1) is 4.90 Å². The Balaban J connectivity index is 2.05. The lowest BCUT2D eigenvalue weighted by Gasteiger charge is -2.30. The number of hydrogen-bond acceptors (Lipinski definition) is 3. The summed E-state index contributed by atoms with van der Waals surface area (Å²) in [6.07, 6.45) is 6.43. The fourth-order valence-electron chi connectivity index (χ4n) is 3.23. The van der Waals surface area contributed by atoms with Gasteiger partial charge in [-0.3, -0.25) is 0 Å². The molecule has 0 heterocycles. The molecule has 1 atom stereocenters. The van der Waals surface area contributed by atoms with Crippen LogP contribution in [0, 0.1) is 5.41 Å². The van der Waals surface area contributed by atoms with E-state index in [-0.39, 0.29) is 10.9 Å². The molecule has 1 unspecified atom stereocenters. The van der Waals surface area contributed by atoms with Crippen LogP contribution in [0.25, 0.3) is 0 Å². The third kappa shape index (κ3) is 4.05. The van der Waals surface area contributed by atoms with Gasteiger partial charge in [-0.15, -0.1) is 0 Å². The Morgan fingerprint density at radius 3 is 2.57 bits per heavy atom. The van der Waals surface area contributed by atoms with Crippen LogP contribution in [-0.4, -0.2) is 15.0 Å². The summed E-state index contributed by atoms with van der Waals surface area (Å²) < 4.78 is 22.9. The van der Waals surface area contributed by atoms with Gasteiger partial charge in [0.2, 0.25) is 10.0 Å². The number of rotatable bonds is 6. The standard InChI is InChI=1S/C16H26N2O2S/c1-3-16(9-4-5-10-16)12-18-13(2)14-7-6-8-15(11-14)21(17,19)20/h6-8,11,13,18H,3-5,9-10,12H2,1-2H3,(H2,17,19,20). The monoisotopic (exact) mass is 310 g/mol. The highest BCUT2D eigenvalue weighted by Gasteiger charge is 2.31. The Bertz CT molecular complexity index is 578. The van der Waals surface area contributed by atoms with Crippen molar-refractivity contribution in [2.45, 2.75) is 56.9 Å². The Morgan fingerprint density at radius 1 is 1.33 bits per heavy atom. The molecule has 3 N–H and O–H groups in total. The Hall–Kier alpha value is -0.910. The smallest absolute Gasteiger partial charge is 0.238 e. The molecular weight excluding hydrogens is 284 g/mol. The molecule has 5 heteroatoms. The summed E-state index contributed by atoms with van der Waals surface area (Å²) in [5, 5.41) is 8.77. The van der Waals surface area contributed by atoms with Crippen LogP contribution in [-0.2, 0) is 10.0 Å². The van der Waals surface area contributed by atoms with Crippen molar-refractivity contribution in [3.05, 3.63) is 29.8 Å². The van der Waals surface area contributed by atoms with Crippen molar-refractivity contribution in [3.63, 3.8) is 0 Å². The molecule has 1 aromatic carbocycles. The van der Waals surface area contributed by atoms with Crippen LogP contribution in [0.5, 0.6) is 0 Å². The van der Waals surface area contributed by atoms with Crippen LogP contribution < -0.4 is 10.5 Å². The van der Waals surface area contributed by atoms with Crippen LogP contribution >= 0.6 is 0 Å². The van der Waals surface area contributed by atoms with Gasteiger partial charge in [-0.25, -0.2) is 13.6 Å². The second-order valence-electron chi connectivity index (χ2n) is 6.28. The van der Waals surface area contributed by atoms with Gasteiger partial charge in [-0.2, -0.15) is 0 Å². The molecule has 118 valence electrons. The van der Waals surface area contributed by atoms with Crippen molar-refractivity contribution in [1.82, 2.24) is 5.32 Å². The first kappa shape index (κ1) is 16.5. The highest BCUT2D eigenvalue weighted by Crippen LogP contribution is 2.40. The molecule has 0 aromatic heterocycles. The molecule has 2 rings (SSSR count). The Morgan fingerprint density at radius 2 is 2.00 bits per heavy atom. The van der Waals surface area contributed by atoms with E-state index in [0.717, 1.165) is 12.1 Å². The van der Waals surface area contributed by atoms with Gasteiger partial charge in [0, 0.05) is 12.6 Å². The van der Waals surface area contributed by atoms with Crippen molar-refractivity contribution in [2.24, 2.45) is 10.6 Å². The number of hydrogen-bond donors (Lipinski definition) is 2. The molecular formula is C16H26N2O2S. The quantitative estimate of drug-likeness (QED) is 0.848. The number of nitrogens with one attached hydrogen (secondary N) is 1. The van der Waals surface area contributed by atoms with E-state index in [0.29, 0.717) is 5.41 Å². The summed E-state index contributed by atoms with van der Waals surface area (Å²) in [6.45, 7) is 5.32. The average molecular weight is 310 g/mol. The van der Waals surface area contributed by atoms with Crippen LogP contribution in [0.15, 0.2) is 29.2 Å². The van der Waals surface area contributed by atoms with Crippen molar-refractivity contribution < 1.29 is 8.42 Å². The third-order valence-electron chi connectivity index (χ3n) is 4.88. The predicted molar refractivity (Wildman–Crippen MR) is 85.4 cm³/mol. The number of benzene rings is 1. The zero-order valence-electron chi connectivity index (χ0n) is 12.9. The molecule has 1 aliphatic rings. The lowest BCUT2D eigenvalue weighted by molar-refractivity contribution is 0.259. The topological polar surface area (TPSA) is 72.2 Å². The second-order valence-corrected chi connectivity index (χ2v) is 7.84. The fourth-order valence-corrected chi connectivity index (χ4v) is 3.80. The molecule has 4 nitrogen and oxygen atoms in total. The van der Waals surface area contributed by atoms with Gasteiger partial charge in [-0.1, -0.05) is 31.9 Å². The van der Waals surface area contributed by atoms with E-state index in [4.69, 9.17) is 5.14 Å². The van der Waals surface area contributed by atoms with Crippen LogP contribution in [0.4, 0.5) is 0 Å². The molecule has 0 radical (unpaired) electrons. The van der Waals surface area contributed by atoms with Gasteiger partial charge in [0.15, 0.2) is 0 Å². The lowest BCUT2D eigenvalue weighted by atomic mass is 9.83. The predicted octanol–water partition coefficient (Wildman–Crippen LogP) is 2.96. The molecule has 0 amide bonds. The molecule has 1 aromatic rings. The highest BCUT2D eigenvalue weighted by atomic mass is 32.2. The summed E-state index contributed by atoms with van der Waals surface area (Å²) in [4.78, 5) is 0.180. The normalized spacial score (nSPS) is 19.6. The minimum absolute atomic E-state index is 0.121. The van der Waals surface area contributed by atoms with E-state index in [1.54, 1.807) is 12.1 Å². The van der Waals surface area contributed by atoms with Gasteiger partial charge >= 0.3 is 0 Å². The van der Waals surface area contributed by atoms with Gasteiger partial charge in [-0.05, 0) is 49.3 Å². The zero-order chi connectivity index (χ0) is 15.5. The minimum atomic E-state index is -3.63. The van der Waals surface area contributed by atoms with Crippen molar-refractivity contribution >= 4 is 10.0 Å². The Labute approximate surface area is 128 Å². The highest BCUT2D eigenvalue weighted by molar-refractivity contribution is 7.89. The maximum atomic E-state index is 11.4. The van der Waals surface area contributed by atoms with Gasteiger partial charge < -0.3 is 5.32 Å². The van der Waals surface area contributed by atoms with E-state index >= 15 is 0 Å². The van der Waals surface area contributed by atoms with E-state index in [1.807, 2.05) is 6.07 Å². The van der Waals surface area contributed by atoms with Gasteiger partial charge in [0.25, 0.3) is 0 Å². The number of nitrogens with two attached hydrogens (primary N) is 1. The second kappa shape index (κ2) is 6.46. The maximum Gasteiger partial charge on any atom is 0.238 e. The molecule has 1 aliphatic carbocycles. The third-order valence-corrected chi connectivity index (χ3v) is 5.80. The van der Waals surface area contributed by atoms with E-state index < -0.39 is 10.0 Å². The fraction of sp³-hybridized carbons (Fsp3) is 0.625. The SMILES string of the molecule is CCC1(CNC(C)c2cccc(S(N)(=O)=O)c2)CCCC1. The Kier molecular flexibility index (Phi) is 5.07. The molecule has 1 saturated carbocycles. The molecule has 21 heavy (non-hydrogen) atoms. The van der Waals surface area contributed by atoms with Crippen molar-refractivity contribution in [2.75, 3.05) is 6.54 Å². The summed E-state index contributed by atoms with van der Waals surface area (Å²) in [7, 11) is -3.63. The maximum absolute atomic E-state index is 11.4. The first-order valence-corrected chi connectivity index (χ1v) is 9.27. The summed E-state index contributed by atoms with van der Waals surface area (Å²) in [5.74, 6) is 0. The lowest BCUT2D eigenvalue weighted by Crippen LogP contribution is -2.33. The largest absolute Gasteiger partial charge is 0.310 e. The first-order valence-electron chi connectivity index (χ1n) is 7.72. The van der Waals surface area contributed by atoms with Crippen LogP contribution in [0.2, 0.25) is 0 Å². The summed E-state index contributed by atoms with van der Waals surface area (Å²) in [5.41, 5.74) is 1.39. The van der Waals surface area contributed by atoms with Crippen molar-refractivity contribution in [3.8, 4) is 0 Å². The molecule has 0 spiro atoms. The zero-order valence-corrected chi connectivity index (χ0v) is 13.7. The van der Waals surface area contributed by atoms with Crippen molar-refractivity contribution in [1.29, 1.82) is 0 Å². The summed E-state index contributed by atoms with van der Waals surface area (Å²) >= 11 is 0. The summed E-state index contributed by atoms with van der Waals surface area (Å²) in [6, 6.07) is 7.02. The molecule has 0 aliphatic heterocycles. The van der Waals surface area contributed by atoms with Crippen LogP contribution in [0.1, 0.15) is 57.6 Å². The van der Waals surface area contributed by atoms with E-state index in [1.165, 1.54) is 38.2 Å². The van der Waals surface area contributed by atoms with E-state index in [9.17, 15) is 8.42 Å². The minimum Gasteiger partial charge on any atom is -0.310 e. The molecule has 1 fully saturated rings. The number of sulfonamides is 1. The molecule has 0 bridgehead atoms. The first-order chi connectivity index (χ1) is 9.86. The van der Waals surface area contributed by atoms with E-state index in [2.05, 4.69) is 19.2 Å². The average Bonchev–Trinajstić information content (AvgIpc) is 2.93.